The molecule has 0 saturated carbocycles. The molecule has 3 aromatic heterocycles. The lowest BCUT2D eigenvalue weighted by molar-refractivity contribution is 0.619. The number of hydrogen-bond acceptors (Lipinski definition) is 5. The maximum absolute atomic E-state index is 14.6. The number of halogens is 2. The van der Waals surface area contributed by atoms with Crippen LogP contribution in [0.3, 0.4) is 0 Å². The van der Waals surface area contributed by atoms with Gasteiger partial charge < -0.3 is 11.1 Å². The Morgan fingerprint density at radius 3 is 2.73 bits per heavy atom. The highest BCUT2D eigenvalue weighted by molar-refractivity contribution is 5.82. The van der Waals surface area contributed by atoms with Gasteiger partial charge in [-0.1, -0.05) is 6.07 Å². The minimum Gasteiger partial charge on any atom is -0.396 e. The smallest absolute Gasteiger partial charge is 0.222 e. The Labute approximate surface area is 147 Å². The molecule has 130 valence electrons. The lowest BCUT2D eigenvalue weighted by Crippen LogP contribution is -2.00. The zero-order valence-corrected chi connectivity index (χ0v) is 13.7. The molecule has 0 atom stereocenters. The highest BCUT2D eigenvalue weighted by atomic mass is 19.1. The van der Waals surface area contributed by atoms with E-state index in [0.717, 1.165) is 0 Å². The number of nitrogens with two attached hydrogens (primary N) is 1. The SMILES string of the molecule is CNc1nccc(-c2c(-c3cccc(N)c3F)nc3ccc(F)cn23)n1. The Bertz CT molecular complexity index is 1120. The van der Waals surface area contributed by atoms with Gasteiger partial charge in [0.1, 0.15) is 17.2 Å². The topological polar surface area (TPSA) is 81.1 Å². The normalized spacial score (nSPS) is 11.0. The third-order valence-electron chi connectivity index (χ3n) is 3.99. The van der Waals surface area contributed by atoms with E-state index in [0.29, 0.717) is 28.7 Å². The summed E-state index contributed by atoms with van der Waals surface area (Å²) in [6, 6.07) is 9.16. The number of rotatable bonds is 3. The Morgan fingerprint density at radius 2 is 1.92 bits per heavy atom. The lowest BCUT2D eigenvalue weighted by Gasteiger charge is -2.08. The molecular weight excluding hydrogens is 338 g/mol. The summed E-state index contributed by atoms with van der Waals surface area (Å²) in [5, 5.41) is 2.85. The monoisotopic (exact) mass is 352 g/mol. The highest BCUT2D eigenvalue weighted by Gasteiger charge is 2.21. The van der Waals surface area contributed by atoms with Crippen LogP contribution >= 0.6 is 0 Å². The van der Waals surface area contributed by atoms with Crippen molar-refractivity contribution in [2.24, 2.45) is 0 Å². The summed E-state index contributed by atoms with van der Waals surface area (Å²) in [7, 11) is 1.69. The van der Waals surface area contributed by atoms with E-state index in [1.807, 2.05) is 0 Å². The van der Waals surface area contributed by atoms with E-state index >= 15 is 0 Å². The fraction of sp³-hybridized carbons (Fsp3) is 0.0556. The predicted molar refractivity (Wildman–Crippen MR) is 95.5 cm³/mol. The van der Waals surface area contributed by atoms with Crippen molar-refractivity contribution in [1.29, 1.82) is 0 Å². The summed E-state index contributed by atoms with van der Waals surface area (Å²) in [5.41, 5.74) is 7.63. The van der Waals surface area contributed by atoms with Crippen molar-refractivity contribution >= 4 is 17.3 Å². The van der Waals surface area contributed by atoms with Crippen LogP contribution in [0.15, 0.2) is 48.8 Å². The average Bonchev–Trinajstić information content (AvgIpc) is 3.02. The van der Waals surface area contributed by atoms with Crippen molar-refractivity contribution < 1.29 is 8.78 Å². The molecule has 0 radical (unpaired) electrons. The predicted octanol–water partition coefficient (Wildman–Crippen LogP) is 3.36. The number of nitrogens with one attached hydrogen (secondary N) is 1. The molecule has 0 fully saturated rings. The first-order valence-electron chi connectivity index (χ1n) is 7.81. The highest BCUT2D eigenvalue weighted by Crippen LogP contribution is 2.34. The number of anilines is 2. The van der Waals surface area contributed by atoms with Gasteiger partial charge in [-0.25, -0.2) is 23.7 Å². The van der Waals surface area contributed by atoms with Crippen LogP contribution in [0.5, 0.6) is 0 Å². The minimum atomic E-state index is -0.583. The van der Waals surface area contributed by atoms with Gasteiger partial charge in [-0.15, -0.1) is 0 Å². The van der Waals surface area contributed by atoms with E-state index in [-0.39, 0.29) is 11.3 Å². The van der Waals surface area contributed by atoms with E-state index < -0.39 is 11.6 Å². The standard InChI is InChI=1S/C18H14F2N6/c1-22-18-23-8-7-13(24-18)17-16(11-3-2-4-12(21)15(11)20)25-14-6-5-10(19)9-26(14)17/h2-9H,21H2,1H3,(H,22,23,24). The van der Waals surface area contributed by atoms with Crippen molar-refractivity contribution in [2.45, 2.75) is 0 Å². The minimum absolute atomic E-state index is 0.00953. The number of fused-ring (bicyclic) bond motifs is 1. The van der Waals surface area contributed by atoms with Gasteiger partial charge in [0.2, 0.25) is 5.95 Å². The van der Waals surface area contributed by atoms with E-state index in [4.69, 9.17) is 5.73 Å². The largest absolute Gasteiger partial charge is 0.396 e. The van der Waals surface area contributed by atoms with E-state index in [9.17, 15) is 8.78 Å². The van der Waals surface area contributed by atoms with Crippen LogP contribution in [0.4, 0.5) is 20.4 Å². The summed E-state index contributed by atoms with van der Waals surface area (Å²) in [6.45, 7) is 0. The molecule has 0 aliphatic rings. The molecule has 6 nitrogen and oxygen atoms in total. The maximum Gasteiger partial charge on any atom is 0.222 e. The number of hydrogen-bond donors (Lipinski definition) is 2. The Balaban J connectivity index is 2.08. The molecule has 0 aliphatic carbocycles. The number of benzene rings is 1. The summed E-state index contributed by atoms with van der Waals surface area (Å²) >= 11 is 0. The van der Waals surface area contributed by atoms with Crippen molar-refractivity contribution in [3.05, 3.63) is 60.4 Å². The first-order valence-corrected chi connectivity index (χ1v) is 7.81. The zero-order chi connectivity index (χ0) is 18.3. The third kappa shape index (κ3) is 2.52. The van der Waals surface area contributed by atoms with Crippen LogP contribution < -0.4 is 11.1 Å². The molecule has 0 spiro atoms. The number of nitrogen functional groups attached to an aromatic ring is 1. The van der Waals surface area contributed by atoms with Crippen molar-refractivity contribution in [3.8, 4) is 22.6 Å². The van der Waals surface area contributed by atoms with Crippen LogP contribution in [-0.4, -0.2) is 26.4 Å². The van der Waals surface area contributed by atoms with Gasteiger partial charge in [0.25, 0.3) is 0 Å². The van der Waals surface area contributed by atoms with Crippen molar-refractivity contribution in [2.75, 3.05) is 18.1 Å². The van der Waals surface area contributed by atoms with Gasteiger partial charge in [0.05, 0.1) is 17.1 Å². The molecule has 1 aromatic carbocycles. The molecule has 26 heavy (non-hydrogen) atoms. The van der Waals surface area contributed by atoms with Gasteiger partial charge in [-0.2, -0.15) is 0 Å². The van der Waals surface area contributed by atoms with Crippen LogP contribution in [-0.2, 0) is 0 Å². The van der Waals surface area contributed by atoms with Gasteiger partial charge in [0.15, 0.2) is 5.82 Å². The number of aromatic nitrogens is 4. The molecule has 0 amide bonds. The number of pyridine rings is 1. The molecule has 4 rings (SSSR count). The fourth-order valence-electron chi connectivity index (χ4n) is 2.80. The molecule has 3 N–H and O–H groups in total. The summed E-state index contributed by atoms with van der Waals surface area (Å²) in [5.74, 6) is -0.646. The number of imidazole rings is 1. The lowest BCUT2D eigenvalue weighted by atomic mass is 10.1. The number of nitrogens with zero attached hydrogens (tertiary/aromatic N) is 4. The molecule has 0 aliphatic heterocycles. The zero-order valence-electron chi connectivity index (χ0n) is 13.7. The second kappa shape index (κ2) is 6.07. The summed E-state index contributed by atoms with van der Waals surface area (Å²) < 4.78 is 30.0. The van der Waals surface area contributed by atoms with Crippen LogP contribution in [0.25, 0.3) is 28.3 Å². The second-order valence-electron chi connectivity index (χ2n) is 5.61. The summed E-state index contributed by atoms with van der Waals surface area (Å²) in [6.07, 6.45) is 2.85. The quantitative estimate of drug-likeness (QED) is 0.553. The molecule has 0 bridgehead atoms. The van der Waals surface area contributed by atoms with Crippen molar-refractivity contribution in [3.63, 3.8) is 0 Å². The van der Waals surface area contributed by atoms with Crippen LogP contribution in [0, 0.1) is 11.6 Å². The Morgan fingerprint density at radius 1 is 1.08 bits per heavy atom. The first-order chi connectivity index (χ1) is 12.6. The average molecular weight is 352 g/mol. The Kier molecular flexibility index (Phi) is 3.72. The molecular formula is C18H14F2N6. The molecule has 4 aromatic rings. The summed E-state index contributed by atoms with van der Waals surface area (Å²) in [4.78, 5) is 12.9. The van der Waals surface area contributed by atoms with Gasteiger partial charge in [-0.3, -0.25) is 4.40 Å². The second-order valence-corrected chi connectivity index (χ2v) is 5.61. The third-order valence-corrected chi connectivity index (χ3v) is 3.99. The van der Waals surface area contributed by atoms with E-state index in [1.165, 1.54) is 28.8 Å². The molecule has 0 unspecified atom stereocenters. The Hall–Kier alpha value is -3.55. The van der Waals surface area contributed by atoms with E-state index in [2.05, 4.69) is 20.3 Å². The van der Waals surface area contributed by atoms with Gasteiger partial charge >= 0.3 is 0 Å². The van der Waals surface area contributed by atoms with Crippen molar-refractivity contribution in [1.82, 2.24) is 19.4 Å². The van der Waals surface area contributed by atoms with E-state index in [1.54, 1.807) is 31.4 Å². The molecule has 8 heteroatoms. The molecule has 0 saturated heterocycles. The maximum atomic E-state index is 14.6. The fourth-order valence-corrected chi connectivity index (χ4v) is 2.80. The van der Waals surface area contributed by atoms with Crippen LogP contribution in [0.1, 0.15) is 0 Å². The van der Waals surface area contributed by atoms with Gasteiger partial charge in [-0.05, 0) is 30.3 Å². The first kappa shape index (κ1) is 15.9. The molecule has 3 heterocycles. The van der Waals surface area contributed by atoms with Crippen LogP contribution in [0.2, 0.25) is 0 Å². The van der Waals surface area contributed by atoms with Gasteiger partial charge in [0, 0.05) is 25.0 Å².